The van der Waals surface area contributed by atoms with E-state index in [0.717, 1.165) is 39.5 Å². The van der Waals surface area contributed by atoms with E-state index in [4.69, 9.17) is 4.74 Å². The van der Waals surface area contributed by atoms with Gasteiger partial charge in [0.1, 0.15) is 12.4 Å². The van der Waals surface area contributed by atoms with Crippen LogP contribution in [-0.4, -0.2) is 42.1 Å². The number of ether oxygens (including phenoxy) is 1. The Morgan fingerprint density at radius 1 is 1.16 bits per heavy atom. The number of nitrogens with zero attached hydrogens (tertiary/aromatic N) is 3. The fourth-order valence-corrected chi connectivity index (χ4v) is 4.75. The topological polar surface area (TPSA) is 103 Å². The van der Waals surface area contributed by atoms with E-state index in [-0.39, 0.29) is 17.5 Å². The van der Waals surface area contributed by atoms with Gasteiger partial charge in [0.25, 0.3) is 0 Å². The quantitative estimate of drug-likeness (QED) is 0.517. The number of carbonyl (C=O) groups is 1. The van der Waals surface area contributed by atoms with Crippen LogP contribution < -0.4 is 10.1 Å². The van der Waals surface area contributed by atoms with Gasteiger partial charge in [-0.25, -0.2) is 13.2 Å². The Balaban J connectivity index is 1.55. The van der Waals surface area contributed by atoms with Gasteiger partial charge in [-0.05, 0) is 32.0 Å². The summed E-state index contributed by atoms with van der Waals surface area (Å²) in [5, 5.41) is 9.16. The number of rotatable bonds is 2. The molecule has 0 fully saturated rings. The highest BCUT2D eigenvalue weighted by atomic mass is 32.2. The smallest absolute Gasteiger partial charge is 0.343 e. The Hall–Kier alpha value is -3.46. The van der Waals surface area contributed by atoms with Gasteiger partial charge < -0.3 is 10.1 Å². The van der Waals surface area contributed by atoms with Crippen LogP contribution in [0.15, 0.2) is 47.4 Å². The van der Waals surface area contributed by atoms with Gasteiger partial charge in [0.15, 0.2) is 9.84 Å². The lowest BCUT2D eigenvalue weighted by Gasteiger charge is -2.13. The lowest BCUT2D eigenvalue weighted by molar-refractivity contribution is 0.231. The van der Waals surface area contributed by atoms with Gasteiger partial charge >= 0.3 is 6.03 Å². The number of sulfone groups is 1. The van der Waals surface area contributed by atoms with Crippen molar-refractivity contribution >= 4 is 37.7 Å². The van der Waals surface area contributed by atoms with Crippen LogP contribution in [0.3, 0.4) is 0 Å². The van der Waals surface area contributed by atoms with E-state index in [0.29, 0.717) is 11.3 Å². The average molecular weight is 436 g/mol. The number of aromatic nitrogens is 3. The molecule has 0 saturated carbocycles. The van der Waals surface area contributed by atoms with Crippen LogP contribution in [0.1, 0.15) is 23.0 Å². The molecule has 5 rings (SSSR count). The first kappa shape index (κ1) is 19.5. The van der Waals surface area contributed by atoms with Gasteiger partial charge in [-0.15, -0.1) is 0 Å². The second kappa shape index (κ2) is 6.78. The number of hydrogen-bond acceptors (Lipinski definition) is 6. The van der Waals surface area contributed by atoms with Crippen molar-refractivity contribution in [3.63, 3.8) is 0 Å². The first-order valence-electron chi connectivity index (χ1n) is 9.76. The number of nitrogens with one attached hydrogen (secondary N) is 1. The molecule has 0 bridgehead atoms. The van der Waals surface area contributed by atoms with Crippen LogP contribution in [0.4, 0.5) is 4.79 Å². The summed E-state index contributed by atoms with van der Waals surface area (Å²) in [6, 6.07) is 11.6. The minimum absolute atomic E-state index is 0.182. The number of aryl methyl sites for hydroxylation is 2. The summed E-state index contributed by atoms with van der Waals surface area (Å²) in [6.07, 6.45) is 1.15. The predicted octanol–water partition coefficient (Wildman–Crippen LogP) is 3.30. The summed E-state index contributed by atoms with van der Waals surface area (Å²) in [5.41, 5.74) is 3.78. The van der Waals surface area contributed by atoms with Gasteiger partial charge in [0, 0.05) is 28.3 Å². The average Bonchev–Trinajstić information content (AvgIpc) is 3.29. The first-order valence-corrected chi connectivity index (χ1v) is 11.7. The highest BCUT2D eigenvalue weighted by molar-refractivity contribution is 7.90. The summed E-state index contributed by atoms with van der Waals surface area (Å²) >= 11 is 0. The lowest BCUT2D eigenvalue weighted by Crippen LogP contribution is -2.33. The van der Waals surface area contributed by atoms with Crippen LogP contribution >= 0.6 is 0 Å². The maximum Gasteiger partial charge on any atom is 0.343 e. The van der Waals surface area contributed by atoms with Crippen molar-refractivity contribution in [3.05, 3.63) is 59.4 Å². The Morgan fingerprint density at radius 3 is 2.71 bits per heavy atom. The summed E-state index contributed by atoms with van der Waals surface area (Å²) in [7, 11) is -3.34. The molecule has 2 aromatic carbocycles. The van der Waals surface area contributed by atoms with E-state index in [9.17, 15) is 13.2 Å². The van der Waals surface area contributed by atoms with E-state index < -0.39 is 15.9 Å². The van der Waals surface area contributed by atoms with Gasteiger partial charge in [0.2, 0.25) is 0 Å². The van der Waals surface area contributed by atoms with Crippen molar-refractivity contribution in [3.8, 4) is 5.75 Å². The molecule has 0 aliphatic carbocycles. The standard InChI is InChI=1S/C22H20N4O4S/c1-12-20-13(2)25-26(21(20)16-6-4-5-7-17(16)23-12)22(27)24-18-11-30-19-10-14(31(3,28)29)8-9-15(18)19/h4-10,18H,11H2,1-3H3,(H,24,27)/t18-/m1/s1. The minimum Gasteiger partial charge on any atom is -0.491 e. The zero-order chi connectivity index (χ0) is 21.9. The summed E-state index contributed by atoms with van der Waals surface area (Å²) in [6.45, 7) is 3.98. The molecule has 0 spiro atoms. The summed E-state index contributed by atoms with van der Waals surface area (Å²) in [4.78, 5) is 18.1. The first-order chi connectivity index (χ1) is 14.7. The second-order valence-corrected chi connectivity index (χ2v) is 9.74. The molecule has 0 saturated heterocycles. The molecule has 1 aliphatic rings. The van der Waals surface area contributed by atoms with Crippen LogP contribution in [0, 0.1) is 13.8 Å². The van der Waals surface area contributed by atoms with Crippen molar-refractivity contribution < 1.29 is 17.9 Å². The molecule has 3 heterocycles. The van der Waals surface area contributed by atoms with Crippen LogP contribution in [0.5, 0.6) is 5.75 Å². The predicted molar refractivity (Wildman–Crippen MR) is 116 cm³/mol. The van der Waals surface area contributed by atoms with Crippen molar-refractivity contribution in [2.24, 2.45) is 0 Å². The lowest BCUT2D eigenvalue weighted by atomic mass is 10.1. The molecule has 1 aliphatic heterocycles. The summed E-state index contributed by atoms with van der Waals surface area (Å²) < 4.78 is 30.6. The van der Waals surface area contributed by atoms with Gasteiger partial charge in [-0.2, -0.15) is 9.78 Å². The normalized spacial score (nSPS) is 15.8. The number of pyridine rings is 1. The number of para-hydroxylation sites is 1. The van der Waals surface area contributed by atoms with E-state index in [1.54, 1.807) is 6.07 Å². The number of carbonyl (C=O) groups excluding carboxylic acids is 1. The van der Waals surface area contributed by atoms with Crippen molar-refractivity contribution in [1.82, 2.24) is 20.1 Å². The van der Waals surface area contributed by atoms with E-state index in [1.807, 2.05) is 38.1 Å². The number of amides is 1. The SMILES string of the molecule is Cc1nc2ccccc2c2c1c(C)nn2C(=O)N[C@@H]1COc2cc(S(C)(=O)=O)ccc21. The Kier molecular flexibility index (Phi) is 4.26. The fraction of sp³-hybridized carbons (Fsp3) is 0.227. The molecule has 9 heteroatoms. The number of hydrogen-bond donors (Lipinski definition) is 1. The molecule has 0 radical (unpaired) electrons. The molecule has 1 atom stereocenters. The Labute approximate surface area is 178 Å². The van der Waals surface area contributed by atoms with Crippen LogP contribution in [0.25, 0.3) is 21.8 Å². The molecule has 4 aromatic rings. The Bertz CT molecular complexity index is 1490. The minimum atomic E-state index is -3.34. The molecular weight excluding hydrogens is 416 g/mol. The van der Waals surface area contributed by atoms with Gasteiger partial charge in [-0.3, -0.25) is 4.98 Å². The maximum atomic E-state index is 13.2. The highest BCUT2D eigenvalue weighted by Crippen LogP contribution is 2.35. The second-order valence-electron chi connectivity index (χ2n) is 7.72. The third kappa shape index (κ3) is 3.12. The fourth-order valence-electron chi connectivity index (χ4n) is 4.11. The van der Waals surface area contributed by atoms with Crippen molar-refractivity contribution in [2.45, 2.75) is 24.8 Å². The molecule has 0 unspecified atom stereocenters. The molecule has 8 nitrogen and oxygen atoms in total. The van der Waals surface area contributed by atoms with Gasteiger partial charge in [0.05, 0.1) is 27.7 Å². The Morgan fingerprint density at radius 2 is 1.94 bits per heavy atom. The molecule has 1 N–H and O–H groups in total. The van der Waals surface area contributed by atoms with Gasteiger partial charge in [-0.1, -0.05) is 24.3 Å². The molecule has 2 aromatic heterocycles. The summed E-state index contributed by atoms with van der Waals surface area (Å²) in [5.74, 6) is 0.459. The van der Waals surface area contributed by atoms with E-state index in [1.165, 1.54) is 16.8 Å². The largest absolute Gasteiger partial charge is 0.491 e. The van der Waals surface area contributed by atoms with E-state index >= 15 is 0 Å². The van der Waals surface area contributed by atoms with E-state index in [2.05, 4.69) is 15.4 Å². The zero-order valence-corrected chi connectivity index (χ0v) is 18.0. The molecule has 31 heavy (non-hydrogen) atoms. The zero-order valence-electron chi connectivity index (χ0n) is 17.2. The molecule has 1 amide bonds. The van der Waals surface area contributed by atoms with Crippen LogP contribution in [0.2, 0.25) is 0 Å². The molecule has 158 valence electrons. The number of fused-ring (bicyclic) bond motifs is 4. The number of benzene rings is 2. The maximum absolute atomic E-state index is 13.2. The van der Waals surface area contributed by atoms with Crippen molar-refractivity contribution in [1.29, 1.82) is 0 Å². The third-order valence-electron chi connectivity index (χ3n) is 5.55. The monoisotopic (exact) mass is 436 g/mol. The third-order valence-corrected chi connectivity index (χ3v) is 6.66. The highest BCUT2D eigenvalue weighted by Gasteiger charge is 2.29. The molecular formula is C22H20N4O4S. The van der Waals surface area contributed by atoms with Crippen molar-refractivity contribution in [2.75, 3.05) is 12.9 Å². The van der Waals surface area contributed by atoms with Crippen LogP contribution in [-0.2, 0) is 9.84 Å².